The number of allylic oxidation sites excluding steroid dienone is 4. The fraction of sp³-hybridized carbons (Fsp3) is 0.333. The zero-order valence-electron chi connectivity index (χ0n) is 7.69. The Morgan fingerprint density at radius 2 is 2.00 bits per heavy atom. The Kier molecular flexibility index (Phi) is 3.07. The number of rotatable bonds is 2. The first-order valence-electron chi connectivity index (χ1n) is 4.00. The highest BCUT2D eigenvalue weighted by Crippen LogP contribution is 2.36. The van der Waals surface area contributed by atoms with Crippen LogP contribution < -0.4 is 0 Å². The van der Waals surface area contributed by atoms with Gasteiger partial charge in [0.25, 0.3) is 0 Å². The molecule has 1 nitrogen and oxygen atoms in total. The first-order chi connectivity index (χ1) is 7.15. The summed E-state index contributed by atoms with van der Waals surface area (Å²) < 4.78 is 77.4. The number of alkyl halides is 5. The van der Waals surface area contributed by atoms with E-state index < -0.39 is 29.8 Å². The Hall–Kier alpha value is -1.40. The first-order valence-corrected chi connectivity index (χ1v) is 4.00. The van der Waals surface area contributed by atoms with Crippen molar-refractivity contribution < 1.29 is 31.1 Å². The quantitative estimate of drug-likeness (QED) is 0.675. The first kappa shape index (κ1) is 12.7. The van der Waals surface area contributed by atoms with Gasteiger partial charge < -0.3 is 4.74 Å². The SMILES string of the molecule is C=C(F)C1(F)C=CC(OC(F)(F)F)=CC1F. The smallest absolute Gasteiger partial charge is 0.406 e. The van der Waals surface area contributed by atoms with Gasteiger partial charge in [-0.2, -0.15) is 0 Å². The second kappa shape index (κ2) is 3.88. The summed E-state index contributed by atoms with van der Waals surface area (Å²) in [6.07, 6.45) is -6.65. The van der Waals surface area contributed by atoms with Crippen LogP contribution in [0.5, 0.6) is 0 Å². The molecule has 1 rings (SSSR count). The average molecular weight is 244 g/mol. The third kappa shape index (κ3) is 2.59. The second-order valence-electron chi connectivity index (χ2n) is 3.02. The summed E-state index contributed by atoms with van der Waals surface area (Å²) in [5.41, 5.74) is -3.14. The highest BCUT2D eigenvalue weighted by molar-refractivity contribution is 5.34. The molecule has 0 radical (unpaired) electrons. The number of ether oxygens (including phenoxy) is 1. The molecule has 2 unspecified atom stereocenters. The summed E-state index contributed by atoms with van der Waals surface area (Å²) in [7, 11) is 0. The fourth-order valence-corrected chi connectivity index (χ4v) is 1.06. The number of hydrogen-bond donors (Lipinski definition) is 0. The molecule has 0 aromatic heterocycles. The lowest BCUT2D eigenvalue weighted by Gasteiger charge is -2.25. The maximum absolute atomic E-state index is 13.4. The Morgan fingerprint density at radius 1 is 1.44 bits per heavy atom. The van der Waals surface area contributed by atoms with E-state index in [2.05, 4.69) is 11.3 Å². The molecule has 0 N–H and O–H groups in total. The van der Waals surface area contributed by atoms with E-state index in [1.54, 1.807) is 0 Å². The van der Waals surface area contributed by atoms with Crippen molar-refractivity contribution in [3.63, 3.8) is 0 Å². The molecule has 0 spiro atoms. The molecular formula is C9H6F6O. The lowest BCUT2D eigenvalue weighted by atomic mass is 9.94. The molecule has 0 saturated heterocycles. The van der Waals surface area contributed by atoms with Gasteiger partial charge in [0.15, 0.2) is 6.17 Å². The van der Waals surface area contributed by atoms with Crippen LogP contribution in [0.2, 0.25) is 0 Å². The molecule has 1 aliphatic rings. The molecule has 0 aromatic carbocycles. The molecule has 7 heteroatoms. The van der Waals surface area contributed by atoms with Gasteiger partial charge in [-0.1, -0.05) is 6.58 Å². The van der Waals surface area contributed by atoms with Crippen LogP contribution in [0.15, 0.2) is 36.4 Å². The highest BCUT2D eigenvalue weighted by Gasteiger charge is 2.43. The van der Waals surface area contributed by atoms with E-state index >= 15 is 0 Å². The van der Waals surface area contributed by atoms with Gasteiger partial charge in [0.2, 0.25) is 5.67 Å². The van der Waals surface area contributed by atoms with Crippen LogP contribution in [0.3, 0.4) is 0 Å². The molecule has 90 valence electrons. The minimum Gasteiger partial charge on any atom is -0.406 e. The van der Waals surface area contributed by atoms with Crippen molar-refractivity contribution in [1.29, 1.82) is 0 Å². The summed E-state index contributed by atoms with van der Waals surface area (Å²) in [6.45, 7) is 2.58. The Balaban J connectivity index is 2.86. The standard InChI is InChI=1S/C9H6F6O/c1-5(10)8(12)3-2-6(4-7(8)11)16-9(13,14)15/h2-4,7H,1H2. The van der Waals surface area contributed by atoms with Gasteiger partial charge in [-0.05, 0) is 18.2 Å². The van der Waals surface area contributed by atoms with Crippen molar-refractivity contribution in [3.8, 4) is 0 Å². The summed E-state index contributed by atoms with van der Waals surface area (Å²) in [4.78, 5) is 0. The van der Waals surface area contributed by atoms with Gasteiger partial charge in [0.1, 0.15) is 11.6 Å². The van der Waals surface area contributed by atoms with Crippen molar-refractivity contribution >= 4 is 0 Å². The van der Waals surface area contributed by atoms with Crippen molar-refractivity contribution in [2.24, 2.45) is 0 Å². The number of halogens is 6. The van der Waals surface area contributed by atoms with E-state index in [1.165, 1.54) is 0 Å². The zero-order chi connectivity index (χ0) is 12.6. The topological polar surface area (TPSA) is 9.23 Å². The van der Waals surface area contributed by atoms with E-state index in [1.807, 2.05) is 0 Å². The van der Waals surface area contributed by atoms with E-state index in [-0.39, 0.29) is 6.08 Å². The molecule has 2 atom stereocenters. The average Bonchev–Trinajstić information content (AvgIpc) is 2.08. The van der Waals surface area contributed by atoms with Crippen molar-refractivity contribution in [2.75, 3.05) is 0 Å². The zero-order valence-corrected chi connectivity index (χ0v) is 7.69. The normalized spacial score (nSPS) is 29.9. The Morgan fingerprint density at radius 3 is 2.38 bits per heavy atom. The van der Waals surface area contributed by atoms with Gasteiger partial charge in [-0.3, -0.25) is 0 Å². The minimum atomic E-state index is -5.01. The van der Waals surface area contributed by atoms with E-state index in [9.17, 15) is 26.3 Å². The van der Waals surface area contributed by atoms with E-state index in [0.717, 1.165) is 0 Å². The summed E-state index contributed by atoms with van der Waals surface area (Å²) in [6, 6.07) is 0. The summed E-state index contributed by atoms with van der Waals surface area (Å²) in [5, 5.41) is 0. The maximum Gasteiger partial charge on any atom is 0.573 e. The molecule has 16 heavy (non-hydrogen) atoms. The van der Waals surface area contributed by atoms with Crippen LogP contribution in [-0.4, -0.2) is 18.2 Å². The van der Waals surface area contributed by atoms with E-state index in [0.29, 0.717) is 12.2 Å². The van der Waals surface area contributed by atoms with Gasteiger partial charge in [-0.15, -0.1) is 13.2 Å². The van der Waals surface area contributed by atoms with E-state index in [4.69, 9.17) is 0 Å². The van der Waals surface area contributed by atoms with Crippen LogP contribution in [0.4, 0.5) is 26.3 Å². The lowest BCUT2D eigenvalue weighted by molar-refractivity contribution is -0.303. The molecular weight excluding hydrogens is 238 g/mol. The van der Waals surface area contributed by atoms with Crippen LogP contribution in [0, 0.1) is 0 Å². The van der Waals surface area contributed by atoms with Gasteiger partial charge >= 0.3 is 6.36 Å². The minimum absolute atomic E-state index is 0.193. The van der Waals surface area contributed by atoms with Crippen LogP contribution in [0.1, 0.15) is 0 Å². The van der Waals surface area contributed by atoms with Gasteiger partial charge in [0, 0.05) is 0 Å². The molecule has 1 aliphatic carbocycles. The molecule has 0 amide bonds. The molecule has 0 heterocycles. The molecule has 0 bridgehead atoms. The Bertz CT molecular complexity index is 356. The van der Waals surface area contributed by atoms with Gasteiger partial charge in [0.05, 0.1) is 0 Å². The lowest BCUT2D eigenvalue weighted by Crippen LogP contribution is -2.34. The summed E-state index contributed by atoms with van der Waals surface area (Å²) in [5.74, 6) is -2.56. The third-order valence-corrected chi connectivity index (χ3v) is 1.85. The third-order valence-electron chi connectivity index (χ3n) is 1.85. The predicted molar refractivity (Wildman–Crippen MR) is 43.3 cm³/mol. The van der Waals surface area contributed by atoms with Crippen molar-refractivity contribution in [2.45, 2.75) is 18.2 Å². The highest BCUT2D eigenvalue weighted by atomic mass is 19.4. The fourth-order valence-electron chi connectivity index (χ4n) is 1.06. The number of hydrogen-bond acceptors (Lipinski definition) is 1. The van der Waals surface area contributed by atoms with Crippen LogP contribution >= 0.6 is 0 Å². The molecule has 0 fully saturated rings. The maximum atomic E-state index is 13.4. The molecule has 0 aromatic rings. The van der Waals surface area contributed by atoms with Crippen LogP contribution in [0.25, 0.3) is 0 Å². The summed E-state index contributed by atoms with van der Waals surface area (Å²) >= 11 is 0. The predicted octanol–water partition coefficient (Wildman–Crippen LogP) is 3.51. The Labute approximate surface area is 86.7 Å². The monoisotopic (exact) mass is 244 g/mol. The largest absolute Gasteiger partial charge is 0.573 e. The van der Waals surface area contributed by atoms with Crippen molar-refractivity contribution in [3.05, 3.63) is 36.4 Å². The van der Waals surface area contributed by atoms with Crippen LogP contribution in [-0.2, 0) is 4.74 Å². The second-order valence-corrected chi connectivity index (χ2v) is 3.02. The molecule has 0 aliphatic heterocycles. The van der Waals surface area contributed by atoms with Crippen molar-refractivity contribution in [1.82, 2.24) is 0 Å². The van der Waals surface area contributed by atoms with Gasteiger partial charge in [-0.25, -0.2) is 13.2 Å². The molecule has 0 saturated carbocycles.